The second-order valence-corrected chi connectivity index (χ2v) is 4.23. The minimum atomic E-state index is -1.76. The Labute approximate surface area is 67.4 Å². The summed E-state index contributed by atoms with van der Waals surface area (Å²) in [6, 6.07) is 0. The Hall–Kier alpha value is -0.593. The molecule has 1 N–H and O–H groups in total. The van der Waals surface area contributed by atoms with E-state index in [1.165, 1.54) is 21.3 Å². The van der Waals surface area contributed by atoms with E-state index in [2.05, 4.69) is 0 Å². The zero-order valence-corrected chi connectivity index (χ0v) is 8.06. The van der Waals surface area contributed by atoms with Gasteiger partial charge in [0, 0.05) is 21.3 Å². The second kappa shape index (κ2) is 5.11. The highest BCUT2D eigenvalue weighted by molar-refractivity contribution is 6.44. The van der Waals surface area contributed by atoms with Crippen molar-refractivity contribution >= 4 is 15.4 Å². The average molecular weight is 179 g/mol. The molecule has 0 saturated heterocycles. The topological polar surface area (TPSA) is 59.0 Å². The van der Waals surface area contributed by atoms with Crippen LogP contribution < -0.4 is 0 Å². The molecule has 0 heterocycles. The lowest BCUT2D eigenvalue weighted by molar-refractivity contribution is 0.156. The maximum Gasteiger partial charge on any atom is 0.406 e. The zero-order valence-electron chi connectivity index (χ0n) is 6.90. The van der Waals surface area contributed by atoms with Crippen LogP contribution in [-0.2, 0) is 8.85 Å². The van der Waals surface area contributed by atoms with Crippen LogP contribution in [-0.4, -0.2) is 52.8 Å². The Kier molecular flexibility index (Phi) is 4.83. The summed E-state index contributed by atoms with van der Waals surface area (Å²) in [7, 11) is 2.77. The Morgan fingerprint density at radius 3 is 2.27 bits per heavy atom. The Bertz CT molecular complexity index is 128. The summed E-state index contributed by atoms with van der Waals surface area (Å²) < 4.78 is 9.86. The van der Waals surface area contributed by atoms with Crippen LogP contribution in [0.2, 0.25) is 0 Å². The number of hydrogen-bond acceptors (Lipinski definition) is 3. The molecule has 0 aromatic heterocycles. The van der Waals surface area contributed by atoms with E-state index in [-0.39, 0.29) is 0 Å². The summed E-state index contributed by atoms with van der Waals surface area (Å²) in [6.07, 6.45) is -0.612. The predicted octanol–water partition coefficient (Wildman–Crippen LogP) is -0.351. The minimum Gasteiger partial charge on any atom is -0.465 e. The number of hydrogen-bond donors (Lipinski definition) is 1. The molecule has 0 rings (SSSR count). The molecule has 0 fully saturated rings. The van der Waals surface area contributed by atoms with E-state index in [1.54, 1.807) is 0 Å². The Morgan fingerprint density at radius 1 is 1.55 bits per heavy atom. The molecule has 0 unspecified atom stereocenters. The van der Waals surface area contributed by atoms with Gasteiger partial charge in [-0.2, -0.15) is 0 Å². The van der Waals surface area contributed by atoms with Crippen molar-refractivity contribution in [2.45, 2.75) is 0 Å². The second-order valence-electron chi connectivity index (χ2n) is 2.06. The summed E-state index contributed by atoms with van der Waals surface area (Å²) in [4.78, 5) is 11.5. The molecule has 0 saturated carbocycles. The molecule has 0 atom stereocenters. The van der Waals surface area contributed by atoms with Crippen molar-refractivity contribution in [2.75, 3.05) is 27.4 Å². The highest BCUT2D eigenvalue weighted by atomic mass is 28.3. The lowest BCUT2D eigenvalue weighted by Gasteiger charge is -2.17. The van der Waals surface area contributed by atoms with E-state index in [1.807, 2.05) is 0 Å². The first-order chi connectivity index (χ1) is 5.11. The maximum absolute atomic E-state index is 10.3. The minimum absolute atomic E-state index is 0.350. The fourth-order valence-corrected chi connectivity index (χ4v) is 1.64. The molecule has 1 amide bonds. The van der Waals surface area contributed by atoms with Gasteiger partial charge in [0.25, 0.3) is 0 Å². The molecular formula is C5H13NO4Si. The standard InChI is InChI=1S/C5H13NO4Si/c1-6(5(7)8)4-11(9-2)10-3/h11H,4H2,1-3H3,(H,7,8). The summed E-state index contributed by atoms with van der Waals surface area (Å²) in [5.41, 5.74) is 0. The van der Waals surface area contributed by atoms with Crippen molar-refractivity contribution in [1.82, 2.24) is 4.90 Å². The third kappa shape index (κ3) is 3.97. The van der Waals surface area contributed by atoms with Crippen molar-refractivity contribution in [3.63, 3.8) is 0 Å². The molecule has 6 heteroatoms. The quantitative estimate of drug-likeness (QED) is 0.599. The predicted molar refractivity (Wildman–Crippen MR) is 41.8 cm³/mol. The molecule has 0 aliphatic rings. The molecule has 5 nitrogen and oxygen atoms in total. The van der Waals surface area contributed by atoms with Crippen molar-refractivity contribution in [1.29, 1.82) is 0 Å². The van der Waals surface area contributed by atoms with E-state index in [9.17, 15) is 4.79 Å². The highest BCUT2D eigenvalue weighted by Gasteiger charge is 2.15. The van der Waals surface area contributed by atoms with Crippen LogP contribution in [0, 0.1) is 0 Å². The van der Waals surface area contributed by atoms with Crippen LogP contribution in [0.3, 0.4) is 0 Å². The van der Waals surface area contributed by atoms with Gasteiger partial charge in [-0.25, -0.2) is 4.79 Å². The van der Waals surface area contributed by atoms with Gasteiger partial charge in [0.05, 0.1) is 6.17 Å². The van der Waals surface area contributed by atoms with Crippen molar-refractivity contribution < 1.29 is 18.8 Å². The molecule has 11 heavy (non-hydrogen) atoms. The van der Waals surface area contributed by atoms with Gasteiger partial charge in [0.15, 0.2) is 0 Å². The first-order valence-corrected chi connectivity index (χ1v) is 4.87. The smallest absolute Gasteiger partial charge is 0.406 e. The van der Waals surface area contributed by atoms with Gasteiger partial charge < -0.3 is 18.9 Å². The van der Waals surface area contributed by atoms with Crippen LogP contribution in [0.5, 0.6) is 0 Å². The van der Waals surface area contributed by atoms with E-state index < -0.39 is 15.4 Å². The van der Waals surface area contributed by atoms with Gasteiger partial charge in [0.2, 0.25) is 0 Å². The number of carbonyl (C=O) groups is 1. The molecule has 0 aliphatic heterocycles. The highest BCUT2D eigenvalue weighted by Crippen LogP contribution is 1.90. The zero-order chi connectivity index (χ0) is 8.85. The largest absolute Gasteiger partial charge is 0.465 e. The number of nitrogens with zero attached hydrogens (tertiary/aromatic N) is 1. The SMILES string of the molecule is CO[SiH](CN(C)C(=O)O)OC. The van der Waals surface area contributed by atoms with Crippen LogP contribution in [0.15, 0.2) is 0 Å². The average Bonchev–Trinajstić information content (AvgIpc) is 1.99. The maximum atomic E-state index is 10.3. The lowest BCUT2D eigenvalue weighted by Crippen LogP contribution is -2.38. The third-order valence-electron chi connectivity index (χ3n) is 1.28. The summed E-state index contributed by atoms with van der Waals surface area (Å²) in [6.45, 7) is 0. The summed E-state index contributed by atoms with van der Waals surface area (Å²) >= 11 is 0. The Balaban J connectivity index is 3.71. The first-order valence-electron chi connectivity index (χ1n) is 3.11. The molecule has 0 spiro atoms. The number of carboxylic acid groups (broad SMARTS) is 1. The van der Waals surface area contributed by atoms with E-state index in [4.69, 9.17) is 14.0 Å². The van der Waals surface area contributed by atoms with Crippen LogP contribution in [0.4, 0.5) is 4.79 Å². The van der Waals surface area contributed by atoms with Crippen molar-refractivity contribution in [2.24, 2.45) is 0 Å². The molecular weight excluding hydrogens is 166 g/mol. The summed E-state index contributed by atoms with van der Waals surface area (Å²) in [5, 5.41) is 8.46. The van der Waals surface area contributed by atoms with E-state index in [0.717, 1.165) is 4.90 Å². The number of rotatable bonds is 4. The van der Waals surface area contributed by atoms with Gasteiger partial charge in [-0.1, -0.05) is 0 Å². The normalized spacial score (nSPS) is 10.2. The fraction of sp³-hybridized carbons (Fsp3) is 0.800. The van der Waals surface area contributed by atoms with E-state index >= 15 is 0 Å². The van der Waals surface area contributed by atoms with Crippen LogP contribution >= 0.6 is 0 Å². The van der Waals surface area contributed by atoms with Gasteiger partial charge in [-0.15, -0.1) is 0 Å². The molecule has 0 aromatic rings. The molecule has 0 bridgehead atoms. The molecule has 66 valence electrons. The van der Waals surface area contributed by atoms with Crippen LogP contribution in [0.1, 0.15) is 0 Å². The number of amides is 1. The van der Waals surface area contributed by atoms with Crippen molar-refractivity contribution in [3.8, 4) is 0 Å². The van der Waals surface area contributed by atoms with Crippen molar-refractivity contribution in [3.05, 3.63) is 0 Å². The summed E-state index contributed by atoms with van der Waals surface area (Å²) in [5.74, 6) is 0. The molecule has 0 aliphatic carbocycles. The van der Waals surface area contributed by atoms with Crippen LogP contribution in [0.25, 0.3) is 0 Å². The van der Waals surface area contributed by atoms with Gasteiger partial charge >= 0.3 is 15.4 Å². The Morgan fingerprint density at radius 2 is 2.00 bits per heavy atom. The van der Waals surface area contributed by atoms with Gasteiger partial charge in [-0.05, 0) is 0 Å². The van der Waals surface area contributed by atoms with E-state index in [0.29, 0.717) is 6.17 Å². The van der Waals surface area contributed by atoms with Gasteiger partial charge in [0.1, 0.15) is 0 Å². The lowest BCUT2D eigenvalue weighted by atomic mass is 10.9. The molecule has 0 radical (unpaired) electrons. The third-order valence-corrected chi connectivity index (χ3v) is 3.17. The monoisotopic (exact) mass is 179 g/mol. The molecule has 0 aromatic carbocycles. The van der Waals surface area contributed by atoms with Gasteiger partial charge in [-0.3, -0.25) is 0 Å². The fourth-order valence-electron chi connectivity index (χ4n) is 0.547. The first kappa shape index (κ1) is 10.4.